The van der Waals surface area contributed by atoms with Gasteiger partial charge in [0, 0.05) is 6.04 Å². The molecule has 102 valence electrons. The van der Waals surface area contributed by atoms with E-state index >= 15 is 0 Å². The first-order valence-corrected chi connectivity index (χ1v) is 7.38. The zero-order valence-corrected chi connectivity index (χ0v) is 12.4. The van der Waals surface area contributed by atoms with Gasteiger partial charge >= 0.3 is 0 Å². The van der Waals surface area contributed by atoms with Crippen LogP contribution in [0.1, 0.15) is 58.6 Å². The first kappa shape index (κ1) is 15.2. The Balaban J connectivity index is 2.46. The van der Waals surface area contributed by atoms with Crippen molar-refractivity contribution >= 4 is 0 Å². The van der Waals surface area contributed by atoms with Gasteiger partial charge in [0.25, 0.3) is 0 Å². The second-order valence-electron chi connectivity index (χ2n) is 6.08. The highest BCUT2D eigenvalue weighted by Gasteiger charge is 2.12. The van der Waals surface area contributed by atoms with E-state index in [4.69, 9.17) is 0 Å². The Morgan fingerprint density at radius 2 is 1.61 bits per heavy atom. The van der Waals surface area contributed by atoms with E-state index in [9.17, 15) is 0 Å². The minimum absolute atomic E-state index is 0.512. The highest BCUT2D eigenvalue weighted by Crippen LogP contribution is 2.21. The Labute approximate surface area is 113 Å². The molecular formula is C17H29N. The maximum atomic E-state index is 3.72. The number of rotatable bonds is 8. The van der Waals surface area contributed by atoms with Gasteiger partial charge in [-0.15, -0.1) is 0 Å². The standard InChI is InChI=1S/C17H29N/c1-14(2)9-8-12-18-17(13-15(3)4)16-10-6-5-7-11-16/h5-7,10-11,14-15,17-18H,8-9,12-13H2,1-4H3. The van der Waals surface area contributed by atoms with E-state index in [0.29, 0.717) is 6.04 Å². The number of hydrogen-bond acceptors (Lipinski definition) is 1. The van der Waals surface area contributed by atoms with Crippen LogP contribution in [0, 0.1) is 11.8 Å². The lowest BCUT2D eigenvalue weighted by Crippen LogP contribution is -2.24. The van der Waals surface area contributed by atoms with Crippen molar-refractivity contribution in [1.82, 2.24) is 5.32 Å². The third-order valence-electron chi connectivity index (χ3n) is 3.26. The van der Waals surface area contributed by atoms with E-state index in [0.717, 1.165) is 18.4 Å². The summed E-state index contributed by atoms with van der Waals surface area (Å²) < 4.78 is 0. The fourth-order valence-electron chi connectivity index (χ4n) is 2.28. The highest BCUT2D eigenvalue weighted by atomic mass is 14.9. The molecule has 0 spiro atoms. The third kappa shape index (κ3) is 6.20. The van der Waals surface area contributed by atoms with Crippen molar-refractivity contribution in [2.45, 2.75) is 53.0 Å². The summed E-state index contributed by atoms with van der Waals surface area (Å²) in [5.74, 6) is 1.54. The van der Waals surface area contributed by atoms with Crippen LogP contribution < -0.4 is 5.32 Å². The summed E-state index contributed by atoms with van der Waals surface area (Å²) >= 11 is 0. The molecule has 1 rings (SSSR count). The van der Waals surface area contributed by atoms with Crippen LogP contribution in [0.5, 0.6) is 0 Å². The van der Waals surface area contributed by atoms with Gasteiger partial charge in [0.1, 0.15) is 0 Å². The van der Waals surface area contributed by atoms with Gasteiger partial charge < -0.3 is 5.32 Å². The first-order valence-electron chi connectivity index (χ1n) is 7.38. The van der Waals surface area contributed by atoms with Gasteiger partial charge in [0.15, 0.2) is 0 Å². The molecule has 0 saturated carbocycles. The van der Waals surface area contributed by atoms with Gasteiger partial charge in [0.05, 0.1) is 0 Å². The molecule has 0 heterocycles. The molecule has 1 heteroatoms. The first-order chi connectivity index (χ1) is 8.59. The summed E-state index contributed by atoms with van der Waals surface area (Å²) in [6, 6.07) is 11.4. The Morgan fingerprint density at radius 1 is 0.944 bits per heavy atom. The van der Waals surface area contributed by atoms with E-state index < -0.39 is 0 Å². The van der Waals surface area contributed by atoms with Crippen molar-refractivity contribution < 1.29 is 0 Å². The van der Waals surface area contributed by atoms with Gasteiger partial charge in [0.2, 0.25) is 0 Å². The summed E-state index contributed by atoms with van der Waals surface area (Å²) in [6.45, 7) is 10.3. The second kappa shape index (κ2) is 8.31. The molecule has 0 amide bonds. The zero-order chi connectivity index (χ0) is 13.4. The smallest absolute Gasteiger partial charge is 0.0322 e. The molecule has 0 radical (unpaired) electrons. The van der Waals surface area contributed by atoms with E-state index in [2.05, 4.69) is 63.3 Å². The van der Waals surface area contributed by atoms with Crippen molar-refractivity contribution in [2.75, 3.05) is 6.54 Å². The van der Waals surface area contributed by atoms with E-state index in [-0.39, 0.29) is 0 Å². The molecule has 1 nitrogen and oxygen atoms in total. The normalized spacial score (nSPS) is 13.2. The third-order valence-corrected chi connectivity index (χ3v) is 3.26. The minimum Gasteiger partial charge on any atom is -0.310 e. The molecule has 0 aromatic heterocycles. The maximum absolute atomic E-state index is 3.72. The fraction of sp³-hybridized carbons (Fsp3) is 0.647. The van der Waals surface area contributed by atoms with Gasteiger partial charge in [-0.1, -0.05) is 58.0 Å². The molecule has 1 unspecified atom stereocenters. The van der Waals surface area contributed by atoms with Crippen molar-refractivity contribution in [3.05, 3.63) is 35.9 Å². The molecule has 18 heavy (non-hydrogen) atoms. The van der Waals surface area contributed by atoms with Crippen molar-refractivity contribution in [1.29, 1.82) is 0 Å². The molecule has 0 bridgehead atoms. The Morgan fingerprint density at radius 3 is 2.17 bits per heavy atom. The number of nitrogens with one attached hydrogen (secondary N) is 1. The lowest BCUT2D eigenvalue weighted by Gasteiger charge is -2.21. The molecule has 1 aromatic rings. The summed E-state index contributed by atoms with van der Waals surface area (Å²) in [7, 11) is 0. The molecule has 0 saturated heterocycles. The molecule has 0 fully saturated rings. The van der Waals surface area contributed by atoms with E-state index in [1.165, 1.54) is 24.8 Å². The van der Waals surface area contributed by atoms with Gasteiger partial charge in [-0.2, -0.15) is 0 Å². The molecule has 0 aliphatic heterocycles. The minimum atomic E-state index is 0.512. The van der Waals surface area contributed by atoms with Crippen LogP contribution in [-0.4, -0.2) is 6.54 Å². The van der Waals surface area contributed by atoms with Crippen molar-refractivity contribution in [3.8, 4) is 0 Å². The van der Waals surface area contributed by atoms with E-state index in [1.807, 2.05) is 0 Å². The van der Waals surface area contributed by atoms with Crippen LogP contribution in [0.3, 0.4) is 0 Å². The Bertz CT molecular complexity index is 303. The molecule has 1 atom stereocenters. The van der Waals surface area contributed by atoms with E-state index in [1.54, 1.807) is 0 Å². The highest BCUT2D eigenvalue weighted by molar-refractivity contribution is 5.18. The number of hydrogen-bond donors (Lipinski definition) is 1. The summed E-state index contributed by atoms with van der Waals surface area (Å²) in [5, 5.41) is 3.72. The Kier molecular flexibility index (Phi) is 7.04. The maximum Gasteiger partial charge on any atom is 0.0322 e. The quantitative estimate of drug-likeness (QED) is 0.651. The van der Waals surface area contributed by atoms with Crippen LogP contribution >= 0.6 is 0 Å². The lowest BCUT2D eigenvalue weighted by molar-refractivity contribution is 0.416. The molecule has 1 aromatic carbocycles. The molecule has 0 aliphatic carbocycles. The Hall–Kier alpha value is -0.820. The lowest BCUT2D eigenvalue weighted by atomic mass is 9.97. The SMILES string of the molecule is CC(C)CCCNC(CC(C)C)c1ccccc1. The summed E-state index contributed by atoms with van der Waals surface area (Å²) in [5.41, 5.74) is 1.43. The van der Waals surface area contributed by atoms with Crippen LogP contribution in [0.4, 0.5) is 0 Å². The van der Waals surface area contributed by atoms with Crippen molar-refractivity contribution in [2.24, 2.45) is 11.8 Å². The monoisotopic (exact) mass is 247 g/mol. The van der Waals surface area contributed by atoms with Crippen LogP contribution in [0.25, 0.3) is 0 Å². The van der Waals surface area contributed by atoms with Crippen LogP contribution in [-0.2, 0) is 0 Å². The average Bonchev–Trinajstić information content (AvgIpc) is 2.33. The molecule has 1 N–H and O–H groups in total. The van der Waals surface area contributed by atoms with Crippen LogP contribution in [0.2, 0.25) is 0 Å². The fourth-order valence-corrected chi connectivity index (χ4v) is 2.28. The summed E-state index contributed by atoms with van der Waals surface area (Å²) in [4.78, 5) is 0. The predicted octanol–water partition coefficient (Wildman–Crippen LogP) is 4.80. The summed E-state index contributed by atoms with van der Waals surface area (Å²) in [6.07, 6.45) is 3.81. The number of benzene rings is 1. The molecule has 0 aliphatic rings. The average molecular weight is 247 g/mol. The zero-order valence-electron chi connectivity index (χ0n) is 12.4. The van der Waals surface area contributed by atoms with Crippen LogP contribution in [0.15, 0.2) is 30.3 Å². The second-order valence-corrected chi connectivity index (χ2v) is 6.08. The van der Waals surface area contributed by atoms with Gasteiger partial charge in [-0.3, -0.25) is 0 Å². The van der Waals surface area contributed by atoms with Gasteiger partial charge in [-0.05, 0) is 43.2 Å². The largest absolute Gasteiger partial charge is 0.310 e. The van der Waals surface area contributed by atoms with Crippen molar-refractivity contribution in [3.63, 3.8) is 0 Å². The topological polar surface area (TPSA) is 12.0 Å². The van der Waals surface area contributed by atoms with Gasteiger partial charge in [-0.25, -0.2) is 0 Å². The molecular weight excluding hydrogens is 218 g/mol. The predicted molar refractivity (Wildman–Crippen MR) is 80.7 cm³/mol.